The van der Waals surface area contributed by atoms with Gasteiger partial charge in [-0.2, -0.15) is 0 Å². The average molecular weight is 234 g/mol. The fraction of sp³-hybridized carbons (Fsp3) is 0.600. The predicted octanol–water partition coefficient (Wildman–Crippen LogP) is 3.20. The molecule has 0 radical (unpaired) electrons. The van der Waals surface area contributed by atoms with Gasteiger partial charge in [0.15, 0.2) is 0 Å². The second-order valence-electron chi connectivity index (χ2n) is 5.73. The third kappa shape index (κ3) is 4.78. The van der Waals surface area contributed by atoms with Crippen molar-refractivity contribution in [2.75, 3.05) is 25.0 Å². The maximum Gasteiger partial charge on any atom is 0.0366 e. The molecule has 0 unspecified atom stereocenters. The molecule has 0 amide bonds. The second-order valence-corrected chi connectivity index (χ2v) is 5.73. The van der Waals surface area contributed by atoms with E-state index in [4.69, 9.17) is 5.73 Å². The highest BCUT2D eigenvalue weighted by Crippen LogP contribution is 2.21. The van der Waals surface area contributed by atoms with Crippen LogP contribution in [-0.2, 0) is 0 Å². The molecule has 0 aromatic heterocycles. The number of nitrogens with two attached hydrogens (primary N) is 1. The van der Waals surface area contributed by atoms with Crippen molar-refractivity contribution < 1.29 is 0 Å². The van der Waals surface area contributed by atoms with Gasteiger partial charge in [-0.3, -0.25) is 0 Å². The smallest absolute Gasteiger partial charge is 0.0366 e. The summed E-state index contributed by atoms with van der Waals surface area (Å²) in [7, 11) is 2.16. The Labute approximate surface area is 106 Å². The first-order valence-corrected chi connectivity index (χ1v) is 6.42. The van der Waals surface area contributed by atoms with Gasteiger partial charge in [-0.25, -0.2) is 0 Å². The number of anilines is 1. The fourth-order valence-electron chi connectivity index (χ4n) is 1.89. The van der Waals surface area contributed by atoms with E-state index in [2.05, 4.69) is 57.0 Å². The summed E-state index contributed by atoms with van der Waals surface area (Å²) in [5.41, 5.74) is 8.63. The highest BCUT2D eigenvalue weighted by Gasteiger charge is 2.15. The molecule has 2 nitrogen and oxygen atoms in total. The highest BCUT2D eigenvalue weighted by atomic mass is 15.1. The molecule has 0 atom stereocenters. The van der Waals surface area contributed by atoms with Gasteiger partial charge in [-0.05, 0) is 49.4 Å². The summed E-state index contributed by atoms with van der Waals surface area (Å²) < 4.78 is 0. The molecule has 0 fully saturated rings. The van der Waals surface area contributed by atoms with Crippen molar-refractivity contribution in [2.45, 2.75) is 33.6 Å². The number of rotatable bonds is 6. The molecule has 0 aliphatic carbocycles. The Bertz CT molecular complexity index is 345. The molecule has 96 valence electrons. The van der Waals surface area contributed by atoms with Crippen LogP contribution in [0, 0.1) is 12.3 Å². The lowest BCUT2D eigenvalue weighted by Gasteiger charge is -2.25. The summed E-state index contributed by atoms with van der Waals surface area (Å²) in [6.07, 6.45) is 2.37. The molecular weight excluding hydrogens is 208 g/mol. The molecule has 2 N–H and O–H groups in total. The third-order valence-electron chi connectivity index (χ3n) is 3.34. The molecule has 0 aliphatic rings. The van der Waals surface area contributed by atoms with Gasteiger partial charge >= 0.3 is 0 Å². The first kappa shape index (κ1) is 14.0. The van der Waals surface area contributed by atoms with E-state index in [1.54, 1.807) is 0 Å². The summed E-state index contributed by atoms with van der Waals surface area (Å²) >= 11 is 0. The van der Waals surface area contributed by atoms with E-state index in [0.29, 0.717) is 0 Å². The maximum atomic E-state index is 5.74. The molecule has 2 heteroatoms. The fourth-order valence-corrected chi connectivity index (χ4v) is 1.89. The quantitative estimate of drug-likeness (QED) is 0.819. The van der Waals surface area contributed by atoms with E-state index >= 15 is 0 Å². The van der Waals surface area contributed by atoms with Crippen molar-refractivity contribution in [3.8, 4) is 0 Å². The molecule has 0 saturated heterocycles. The van der Waals surface area contributed by atoms with Crippen LogP contribution in [0.5, 0.6) is 0 Å². The second kappa shape index (κ2) is 6.06. The van der Waals surface area contributed by atoms with Gasteiger partial charge in [0.1, 0.15) is 0 Å². The Balaban J connectivity index is 2.42. The predicted molar refractivity (Wildman–Crippen MR) is 76.5 cm³/mol. The molecule has 17 heavy (non-hydrogen) atoms. The van der Waals surface area contributed by atoms with Crippen LogP contribution < -0.4 is 10.6 Å². The van der Waals surface area contributed by atoms with Crippen LogP contribution >= 0.6 is 0 Å². The summed E-state index contributed by atoms with van der Waals surface area (Å²) in [4.78, 5) is 2.32. The van der Waals surface area contributed by atoms with Gasteiger partial charge in [-0.1, -0.05) is 26.0 Å². The number of aryl methyl sites for hydroxylation is 1. The van der Waals surface area contributed by atoms with Gasteiger partial charge in [0.25, 0.3) is 0 Å². The molecule has 0 spiro atoms. The Hall–Kier alpha value is -1.02. The molecule has 0 bridgehead atoms. The van der Waals surface area contributed by atoms with E-state index in [1.807, 2.05) is 0 Å². The van der Waals surface area contributed by atoms with E-state index in [-0.39, 0.29) is 5.41 Å². The van der Waals surface area contributed by atoms with Crippen molar-refractivity contribution in [3.63, 3.8) is 0 Å². The van der Waals surface area contributed by atoms with E-state index in [1.165, 1.54) is 24.1 Å². The minimum Gasteiger partial charge on any atom is -0.375 e. The summed E-state index contributed by atoms with van der Waals surface area (Å²) in [5, 5.41) is 0. The molecule has 1 rings (SSSR count). The average Bonchev–Trinajstić information content (AvgIpc) is 2.28. The summed E-state index contributed by atoms with van der Waals surface area (Å²) in [6.45, 7) is 8.46. The van der Waals surface area contributed by atoms with Gasteiger partial charge in [0, 0.05) is 19.3 Å². The zero-order chi connectivity index (χ0) is 12.9. The number of hydrogen-bond acceptors (Lipinski definition) is 2. The van der Waals surface area contributed by atoms with E-state index < -0.39 is 0 Å². The number of benzene rings is 1. The third-order valence-corrected chi connectivity index (χ3v) is 3.34. The van der Waals surface area contributed by atoms with E-state index in [9.17, 15) is 0 Å². The lowest BCUT2D eigenvalue weighted by molar-refractivity contribution is 0.338. The number of hydrogen-bond donors (Lipinski definition) is 1. The first-order valence-electron chi connectivity index (χ1n) is 6.42. The zero-order valence-corrected chi connectivity index (χ0v) is 11.7. The zero-order valence-electron chi connectivity index (χ0n) is 11.7. The van der Waals surface area contributed by atoms with Gasteiger partial charge in [0.05, 0.1) is 0 Å². The van der Waals surface area contributed by atoms with Crippen molar-refractivity contribution in [3.05, 3.63) is 29.8 Å². The number of nitrogens with zero attached hydrogens (tertiary/aromatic N) is 1. The molecule has 0 aliphatic heterocycles. The standard InChI is InChI=1S/C15H26N2/c1-13-7-5-8-14(11-13)17(4)10-6-9-15(2,3)12-16/h5,7-8,11H,6,9-10,12,16H2,1-4H3. The summed E-state index contributed by atoms with van der Waals surface area (Å²) in [5.74, 6) is 0. The highest BCUT2D eigenvalue weighted by molar-refractivity contribution is 5.47. The minimum absolute atomic E-state index is 0.271. The molecule has 0 saturated carbocycles. The Morgan fingerprint density at radius 2 is 2.00 bits per heavy atom. The van der Waals surface area contributed by atoms with Crippen LogP contribution in [0.4, 0.5) is 5.69 Å². The molecule has 0 heterocycles. The Morgan fingerprint density at radius 3 is 2.59 bits per heavy atom. The van der Waals surface area contributed by atoms with Crippen molar-refractivity contribution in [1.82, 2.24) is 0 Å². The molecular formula is C15H26N2. The normalized spacial score (nSPS) is 11.6. The largest absolute Gasteiger partial charge is 0.375 e. The van der Waals surface area contributed by atoms with Gasteiger partial charge < -0.3 is 10.6 Å². The topological polar surface area (TPSA) is 29.3 Å². The maximum absolute atomic E-state index is 5.74. The molecule has 1 aromatic rings. The van der Waals surface area contributed by atoms with Crippen molar-refractivity contribution in [1.29, 1.82) is 0 Å². The van der Waals surface area contributed by atoms with Crippen LogP contribution in [0.3, 0.4) is 0 Å². The monoisotopic (exact) mass is 234 g/mol. The lowest BCUT2D eigenvalue weighted by Crippen LogP contribution is -2.26. The van der Waals surface area contributed by atoms with Crippen LogP contribution in [0.2, 0.25) is 0 Å². The van der Waals surface area contributed by atoms with Crippen LogP contribution in [0.1, 0.15) is 32.3 Å². The van der Waals surface area contributed by atoms with Gasteiger partial charge in [0.2, 0.25) is 0 Å². The van der Waals surface area contributed by atoms with E-state index in [0.717, 1.165) is 13.1 Å². The summed E-state index contributed by atoms with van der Waals surface area (Å²) in [6, 6.07) is 8.65. The first-order chi connectivity index (χ1) is 7.94. The Kier molecular flexibility index (Phi) is 5.01. The van der Waals surface area contributed by atoms with Crippen LogP contribution in [0.15, 0.2) is 24.3 Å². The van der Waals surface area contributed by atoms with Crippen molar-refractivity contribution >= 4 is 5.69 Å². The van der Waals surface area contributed by atoms with Crippen LogP contribution in [0.25, 0.3) is 0 Å². The van der Waals surface area contributed by atoms with Gasteiger partial charge in [-0.15, -0.1) is 0 Å². The van der Waals surface area contributed by atoms with Crippen LogP contribution in [-0.4, -0.2) is 20.1 Å². The Morgan fingerprint density at radius 1 is 1.29 bits per heavy atom. The minimum atomic E-state index is 0.271. The molecule has 1 aromatic carbocycles. The van der Waals surface area contributed by atoms with Crippen molar-refractivity contribution in [2.24, 2.45) is 11.1 Å². The SMILES string of the molecule is Cc1cccc(N(C)CCCC(C)(C)CN)c1. The lowest BCUT2D eigenvalue weighted by atomic mass is 9.88.